The summed E-state index contributed by atoms with van der Waals surface area (Å²) in [5.74, 6) is -1.41. The van der Waals surface area contributed by atoms with Crippen molar-refractivity contribution in [2.24, 2.45) is 0 Å². The van der Waals surface area contributed by atoms with Gasteiger partial charge in [0.15, 0.2) is 9.84 Å². The smallest absolute Gasteiger partial charge is 0.152 e. The van der Waals surface area contributed by atoms with Crippen LogP contribution in [-0.2, 0) is 9.84 Å². The Morgan fingerprint density at radius 2 is 1.83 bits per heavy atom. The molecule has 2 rings (SSSR count). The standard InChI is InChI=1S/C12H15F2NO2S/c1-8-2-3-18(16,17)7-12(15-8)9-4-10(13)6-11(14)5-9/h4-6,8,12,15H,2-3,7H2,1H3. The summed E-state index contributed by atoms with van der Waals surface area (Å²) in [6.07, 6.45) is 0.511. The number of rotatable bonds is 1. The van der Waals surface area contributed by atoms with Crippen molar-refractivity contribution in [3.8, 4) is 0 Å². The van der Waals surface area contributed by atoms with Gasteiger partial charge in [-0.1, -0.05) is 0 Å². The van der Waals surface area contributed by atoms with Gasteiger partial charge in [0.25, 0.3) is 0 Å². The van der Waals surface area contributed by atoms with Gasteiger partial charge < -0.3 is 5.32 Å². The van der Waals surface area contributed by atoms with Gasteiger partial charge in [-0.15, -0.1) is 0 Å². The Morgan fingerprint density at radius 3 is 2.44 bits per heavy atom. The molecular formula is C12H15F2NO2S. The van der Waals surface area contributed by atoms with Crippen molar-refractivity contribution in [2.45, 2.75) is 25.4 Å². The largest absolute Gasteiger partial charge is 0.307 e. The minimum Gasteiger partial charge on any atom is -0.307 e. The monoisotopic (exact) mass is 275 g/mol. The van der Waals surface area contributed by atoms with E-state index in [0.29, 0.717) is 12.0 Å². The van der Waals surface area contributed by atoms with E-state index in [1.807, 2.05) is 6.92 Å². The summed E-state index contributed by atoms with van der Waals surface area (Å²) in [4.78, 5) is 0. The average Bonchev–Trinajstić information content (AvgIpc) is 2.36. The maximum Gasteiger partial charge on any atom is 0.152 e. The third kappa shape index (κ3) is 3.26. The van der Waals surface area contributed by atoms with Crippen LogP contribution in [0.5, 0.6) is 0 Å². The quantitative estimate of drug-likeness (QED) is 0.850. The van der Waals surface area contributed by atoms with Gasteiger partial charge in [0.1, 0.15) is 11.6 Å². The topological polar surface area (TPSA) is 46.2 Å². The fourth-order valence-electron chi connectivity index (χ4n) is 2.14. The SMILES string of the molecule is CC1CCS(=O)(=O)CC(c2cc(F)cc(F)c2)N1. The predicted octanol–water partition coefficient (Wildman–Crippen LogP) is 1.80. The predicted molar refractivity (Wildman–Crippen MR) is 65.0 cm³/mol. The highest BCUT2D eigenvalue weighted by molar-refractivity contribution is 7.91. The summed E-state index contributed by atoms with van der Waals surface area (Å²) in [6.45, 7) is 1.86. The molecule has 100 valence electrons. The van der Waals surface area contributed by atoms with Crippen LogP contribution < -0.4 is 5.32 Å². The number of halogens is 2. The first-order chi connectivity index (χ1) is 8.35. The zero-order valence-electron chi connectivity index (χ0n) is 9.99. The van der Waals surface area contributed by atoms with E-state index < -0.39 is 27.5 Å². The minimum atomic E-state index is -3.18. The van der Waals surface area contributed by atoms with E-state index in [0.717, 1.165) is 6.07 Å². The molecule has 1 saturated heterocycles. The molecule has 1 aromatic carbocycles. The second-order valence-corrected chi connectivity index (χ2v) is 6.95. The molecular weight excluding hydrogens is 260 g/mol. The third-order valence-corrected chi connectivity index (χ3v) is 4.75. The molecule has 6 heteroatoms. The van der Waals surface area contributed by atoms with Gasteiger partial charge >= 0.3 is 0 Å². The Morgan fingerprint density at radius 1 is 1.22 bits per heavy atom. The lowest BCUT2D eigenvalue weighted by atomic mass is 10.1. The van der Waals surface area contributed by atoms with Crippen molar-refractivity contribution < 1.29 is 17.2 Å². The van der Waals surface area contributed by atoms with Crippen molar-refractivity contribution in [3.05, 3.63) is 35.4 Å². The lowest BCUT2D eigenvalue weighted by Crippen LogP contribution is -2.31. The van der Waals surface area contributed by atoms with Crippen molar-refractivity contribution >= 4 is 9.84 Å². The molecule has 0 radical (unpaired) electrons. The van der Waals surface area contributed by atoms with E-state index in [4.69, 9.17) is 0 Å². The molecule has 18 heavy (non-hydrogen) atoms. The molecule has 0 aromatic heterocycles. The van der Waals surface area contributed by atoms with Crippen LogP contribution in [0.1, 0.15) is 24.9 Å². The molecule has 0 saturated carbocycles. The van der Waals surface area contributed by atoms with Gasteiger partial charge in [-0.2, -0.15) is 0 Å². The fraction of sp³-hybridized carbons (Fsp3) is 0.500. The Kier molecular flexibility index (Phi) is 3.68. The van der Waals surface area contributed by atoms with E-state index in [9.17, 15) is 17.2 Å². The molecule has 1 fully saturated rings. The summed E-state index contributed by atoms with van der Waals surface area (Å²) < 4.78 is 49.8. The van der Waals surface area contributed by atoms with Crippen LogP contribution in [-0.4, -0.2) is 26.0 Å². The number of hydrogen-bond donors (Lipinski definition) is 1. The Bertz CT molecular complexity index is 525. The van der Waals surface area contributed by atoms with Gasteiger partial charge in [0.05, 0.1) is 11.5 Å². The van der Waals surface area contributed by atoms with Crippen LogP contribution in [0.4, 0.5) is 8.78 Å². The zero-order chi connectivity index (χ0) is 13.3. The Hall–Kier alpha value is -1.01. The van der Waals surface area contributed by atoms with Crippen LogP contribution in [0.2, 0.25) is 0 Å². The second-order valence-electron chi connectivity index (χ2n) is 4.73. The number of benzene rings is 1. The molecule has 1 N–H and O–H groups in total. The second kappa shape index (κ2) is 4.93. The van der Waals surface area contributed by atoms with Crippen molar-refractivity contribution in [3.63, 3.8) is 0 Å². The molecule has 0 bridgehead atoms. The fourth-order valence-corrected chi connectivity index (χ4v) is 3.81. The van der Waals surface area contributed by atoms with Crippen LogP contribution in [0.3, 0.4) is 0 Å². The highest BCUT2D eigenvalue weighted by Crippen LogP contribution is 2.22. The molecule has 0 amide bonds. The maximum atomic E-state index is 13.2. The summed E-state index contributed by atoms with van der Waals surface area (Å²) in [7, 11) is -3.18. The highest BCUT2D eigenvalue weighted by Gasteiger charge is 2.27. The highest BCUT2D eigenvalue weighted by atomic mass is 32.2. The van der Waals surface area contributed by atoms with Gasteiger partial charge in [-0.25, -0.2) is 17.2 Å². The average molecular weight is 275 g/mol. The zero-order valence-corrected chi connectivity index (χ0v) is 10.8. The van der Waals surface area contributed by atoms with Crippen LogP contribution in [0.15, 0.2) is 18.2 Å². The van der Waals surface area contributed by atoms with Crippen LogP contribution in [0, 0.1) is 11.6 Å². The number of sulfone groups is 1. The van der Waals surface area contributed by atoms with E-state index in [-0.39, 0.29) is 17.5 Å². The van der Waals surface area contributed by atoms with E-state index in [2.05, 4.69) is 5.32 Å². The first-order valence-electron chi connectivity index (χ1n) is 5.78. The summed E-state index contributed by atoms with van der Waals surface area (Å²) in [6, 6.07) is 2.57. The molecule has 2 unspecified atom stereocenters. The van der Waals surface area contributed by atoms with Crippen molar-refractivity contribution in [1.29, 1.82) is 0 Å². The van der Waals surface area contributed by atoms with Gasteiger partial charge in [-0.05, 0) is 31.0 Å². The molecule has 1 aromatic rings. The van der Waals surface area contributed by atoms with Gasteiger partial charge in [-0.3, -0.25) is 0 Å². The molecule has 1 aliphatic heterocycles. The van der Waals surface area contributed by atoms with Gasteiger partial charge in [0.2, 0.25) is 0 Å². The first-order valence-corrected chi connectivity index (χ1v) is 7.60. The van der Waals surface area contributed by atoms with Gasteiger partial charge in [0, 0.05) is 18.2 Å². The third-order valence-electron chi connectivity index (χ3n) is 3.06. The van der Waals surface area contributed by atoms with Crippen molar-refractivity contribution in [1.82, 2.24) is 5.32 Å². The molecule has 3 nitrogen and oxygen atoms in total. The summed E-state index contributed by atoms with van der Waals surface area (Å²) in [5, 5.41) is 3.09. The van der Waals surface area contributed by atoms with Crippen LogP contribution >= 0.6 is 0 Å². The summed E-state index contributed by atoms with van der Waals surface area (Å²) in [5.41, 5.74) is 0.338. The number of hydrogen-bond acceptors (Lipinski definition) is 3. The normalized spacial score (nSPS) is 27.7. The van der Waals surface area contributed by atoms with Crippen molar-refractivity contribution in [2.75, 3.05) is 11.5 Å². The molecule has 0 aliphatic carbocycles. The van der Waals surface area contributed by atoms with Crippen LogP contribution in [0.25, 0.3) is 0 Å². The lowest BCUT2D eigenvalue weighted by molar-refractivity contribution is 0.478. The maximum absolute atomic E-state index is 13.2. The summed E-state index contributed by atoms with van der Waals surface area (Å²) >= 11 is 0. The van der Waals surface area contributed by atoms with E-state index in [1.54, 1.807) is 0 Å². The van der Waals surface area contributed by atoms with E-state index >= 15 is 0 Å². The Labute approximate surface area is 105 Å². The Balaban J connectivity index is 2.35. The molecule has 1 aliphatic rings. The molecule has 2 atom stereocenters. The minimum absolute atomic E-state index is 0.00129. The first kappa shape index (κ1) is 13.4. The van der Waals surface area contributed by atoms with E-state index in [1.165, 1.54) is 12.1 Å². The lowest BCUT2D eigenvalue weighted by Gasteiger charge is -2.19. The molecule has 0 spiro atoms. The molecule has 1 heterocycles. The number of nitrogens with one attached hydrogen (secondary N) is 1.